The minimum Gasteiger partial charge on any atom is -0.308 e. The molecule has 1 saturated heterocycles. The molecule has 0 amide bonds. The van der Waals surface area contributed by atoms with E-state index in [0.29, 0.717) is 11.6 Å². The van der Waals surface area contributed by atoms with Gasteiger partial charge < -0.3 is 5.32 Å². The summed E-state index contributed by atoms with van der Waals surface area (Å²) in [5.74, 6) is 7.09. The van der Waals surface area contributed by atoms with E-state index < -0.39 is 0 Å². The average molecular weight is 206 g/mol. The van der Waals surface area contributed by atoms with Crippen LogP contribution in [0.25, 0.3) is 0 Å². The lowest BCUT2D eigenvalue weighted by atomic mass is 9.91. The van der Waals surface area contributed by atoms with Crippen molar-refractivity contribution in [3.05, 3.63) is 0 Å². The van der Waals surface area contributed by atoms with Crippen molar-refractivity contribution in [2.75, 3.05) is 19.6 Å². The van der Waals surface area contributed by atoms with Gasteiger partial charge >= 0.3 is 0 Å². The number of rotatable bonds is 2. The Hall–Kier alpha value is -0.520. The molecule has 1 heterocycles. The molecule has 2 fully saturated rings. The quantitative estimate of drug-likeness (QED) is 0.688. The van der Waals surface area contributed by atoms with E-state index in [0.717, 1.165) is 25.6 Å². The van der Waals surface area contributed by atoms with Crippen molar-refractivity contribution in [2.45, 2.75) is 45.2 Å². The van der Waals surface area contributed by atoms with Crippen LogP contribution in [0.15, 0.2) is 0 Å². The van der Waals surface area contributed by atoms with Gasteiger partial charge in [0.15, 0.2) is 0 Å². The Morgan fingerprint density at radius 2 is 2.20 bits per heavy atom. The van der Waals surface area contributed by atoms with Crippen LogP contribution in [-0.2, 0) is 0 Å². The van der Waals surface area contributed by atoms with Gasteiger partial charge in [-0.25, -0.2) is 0 Å². The lowest BCUT2D eigenvalue weighted by Crippen LogP contribution is -2.63. The van der Waals surface area contributed by atoms with Crippen LogP contribution in [0.2, 0.25) is 0 Å². The van der Waals surface area contributed by atoms with Crippen LogP contribution < -0.4 is 5.32 Å². The predicted octanol–water partition coefficient (Wildman–Crippen LogP) is 1.47. The summed E-state index contributed by atoms with van der Waals surface area (Å²) >= 11 is 0. The van der Waals surface area contributed by atoms with Crippen molar-refractivity contribution in [3.8, 4) is 11.8 Å². The van der Waals surface area contributed by atoms with Gasteiger partial charge in [0.25, 0.3) is 0 Å². The first-order chi connectivity index (χ1) is 7.15. The summed E-state index contributed by atoms with van der Waals surface area (Å²) in [6, 6.07) is 0.623. The molecule has 2 atom stereocenters. The monoisotopic (exact) mass is 206 g/mol. The Balaban J connectivity index is 1.98. The highest BCUT2D eigenvalue weighted by molar-refractivity contribution is 5.06. The largest absolute Gasteiger partial charge is 0.308 e. The summed E-state index contributed by atoms with van der Waals surface area (Å²) in [7, 11) is 0. The second-order valence-corrected chi connectivity index (χ2v) is 5.25. The molecule has 0 spiro atoms. The molecule has 2 rings (SSSR count). The maximum atomic E-state index is 3.72. The predicted molar refractivity (Wildman–Crippen MR) is 63.6 cm³/mol. The molecule has 2 aliphatic rings. The number of nitrogens with zero attached hydrogens (tertiary/aromatic N) is 1. The van der Waals surface area contributed by atoms with Gasteiger partial charge in [0.05, 0.1) is 6.54 Å². The fourth-order valence-electron chi connectivity index (χ4n) is 2.53. The van der Waals surface area contributed by atoms with E-state index in [-0.39, 0.29) is 0 Å². The Labute approximate surface area is 93.4 Å². The topological polar surface area (TPSA) is 15.3 Å². The van der Waals surface area contributed by atoms with Gasteiger partial charge in [0, 0.05) is 24.7 Å². The van der Waals surface area contributed by atoms with E-state index in [1.807, 2.05) is 6.92 Å². The van der Waals surface area contributed by atoms with Gasteiger partial charge in [-0.1, -0.05) is 5.92 Å². The van der Waals surface area contributed by atoms with E-state index in [1.165, 1.54) is 12.8 Å². The van der Waals surface area contributed by atoms with Crippen LogP contribution in [0.5, 0.6) is 0 Å². The van der Waals surface area contributed by atoms with Crippen molar-refractivity contribution in [1.29, 1.82) is 0 Å². The van der Waals surface area contributed by atoms with Gasteiger partial charge in [0.2, 0.25) is 0 Å². The molecule has 0 radical (unpaired) electrons. The first-order valence-corrected chi connectivity index (χ1v) is 6.04. The van der Waals surface area contributed by atoms with Crippen molar-refractivity contribution in [3.63, 3.8) is 0 Å². The Morgan fingerprint density at radius 3 is 2.80 bits per heavy atom. The number of hydrogen-bond acceptors (Lipinski definition) is 2. The highest BCUT2D eigenvalue weighted by atomic mass is 15.2. The molecule has 1 N–H and O–H groups in total. The zero-order chi connectivity index (χ0) is 10.9. The average Bonchev–Trinajstić information content (AvgIpc) is 3.03. The third-order valence-corrected chi connectivity index (χ3v) is 3.89. The Bertz CT molecular complexity index is 285. The molecule has 15 heavy (non-hydrogen) atoms. The van der Waals surface area contributed by atoms with Crippen LogP contribution in [0, 0.1) is 17.8 Å². The summed E-state index contributed by atoms with van der Waals surface area (Å²) in [4.78, 5) is 2.52. The standard InChI is InChI=1S/C13H22N2/c1-4-5-8-15-10-13(3,12-6-7-12)14-9-11(15)2/h11-12,14H,6-10H2,1-3H3. The second kappa shape index (κ2) is 4.15. The molecule has 0 aromatic rings. The molecule has 2 heteroatoms. The lowest BCUT2D eigenvalue weighted by molar-refractivity contribution is 0.0959. The molecule has 84 valence electrons. The molecule has 1 saturated carbocycles. The van der Waals surface area contributed by atoms with E-state index in [9.17, 15) is 0 Å². The normalized spacial score (nSPS) is 37.1. The van der Waals surface area contributed by atoms with Gasteiger partial charge in [-0.05, 0) is 39.5 Å². The van der Waals surface area contributed by atoms with Crippen LogP contribution in [0.1, 0.15) is 33.6 Å². The van der Waals surface area contributed by atoms with E-state index in [1.54, 1.807) is 0 Å². The first-order valence-electron chi connectivity index (χ1n) is 6.04. The third-order valence-electron chi connectivity index (χ3n) is 3.89. The number of piperazine rings is 1. The molecule has 0 aromatic carbocycles. The number of hydrogen-bond donors (Lipinski definition) is 1. The molecule has 1 aliphatic carbocycles. The maximum Gasteiger partial charge on any atom is 0.0604 e. The van der Waals surface area contributed by atoms with E-state index in [2.05, 4.69) is 35.9 Å². The lowest BCUT2D eigenvalue weighted by Gasteiger charge is -2.45. The Kier molecular flexibility index (Phi) is 3.04. The van der Waals surface area contributed by atoms with Crippen molar-refractivity contribution in [1.82, 2.24) is 10.2 Å². The van der Waals surface area contributed by atoms with Gasteiger partial charge in [-0.15, -0.1) is 5.92 Å². The van der Waals surface area contributed by atoms with Gasteiger partial charge in [-0.2, -0.15) is 0 Å². The first kappa shape index (κ1) is 11.0. The van der Waals surface area contributed by atoms with Crippen LogP contribution in [0.4, 0.5) is 0 Å². The maximum absolute atomic E-state index is 3.72. The highest BCUT2D eigenvalue weighted by Gasteiger charge is 2.44. The molecular weight excluding hydrogens is 184 g/mol. The SMILES string of the molecule is CC#CCN1CC(C)(C2CC2)NCC1C. The molecule has 1 aliphatic heterocycles. The summed E-state index contributed by atoms with van der Waals surface area (Å²) in [6.07, 6.45) is 2.82. The summed E-state index contributed by atoms with van der Waals surface area (Å²) in [5, 5.41) is 3.72. The number of nitrogens with one attached hydrogen (secondary N) is 1. The third kappa shape index (κ3) is 2.35. The fraction of sp³-hybridized carbons (Fsp3) is 0.846. The molecule has 2 unspecified atom stereocenters. The highest BCUT2D eigenvalue weighted by Crippen LogP contribution is 2.41. The minimum atomic E-state index is 0.349. The van der Waals surface area contributed by atoms with Crippen molar-refractivity contribution in [2.24, 2.45) is 5.92 Å². The molecule has 0 bridgehead atoms. The Morgan fingerprint density at radius 1 is 1.47 bits per heavy atom. The molecule has 0 aromatic heterocycles. The van der Waals surface area contributed by atoms with Crippen molar-refractivity contribution >= 4 is 0 Å². The minimum absolute atomic E-state index is 0.349. The zero-order valence-corrected chi connectivity index (χ0v) is 10.1. The molecular formula is C13H22N2. The van der Waals surface area contributed by atoms with Crippen LogP contribution in [0.3, 0.4) is 0 Å². The van der Waals surface area contributed by atoms with Crippen molar-refractivity contribution < 1.29 is 0 Å². The smallest absolute Gasteiger partial charge is 0.0604 e. The van der Waals surface area contributed by atoms with Gasteiger partial charge in [0.1, 0.15) is 0 Å². The molecule has 2 nitrogen and oxygen atoms in total. The van der Waals surface area contributed by atoms with Crippen LogP contribution >= 0.6 is 0 Å². The van der Waals surface area contributed by atoms with Gasteiger partial charge in [-0.3, -0.25) is 4.90 Å². The van der Waals surface area contributed by atoms with E-state index in [4.69, 9.17) is 0 Å². The zero-order valence-electron chi connectivity index (χ0n) is 10.1. The summed E-state index contributed by atoms with van der Waals surface area (Å²) < 4.78 is 0. The van der Waals surface area contributed by atoms with E-state index >= 15 is 0 Å². The summed E-state index contributed by atoms with van der Waals surface area (Å²) in [6.45, 7) is 9.79. The second-order valence-electron chi connectivity index (χ2n) is 5.25. The van der Waals surface area contributed by atoms with Crippen LogP contribution in [-0.4, -0.2) is 36.1 Å². The fourth-order valence-corrected chi connectivity index (χ4v) is 2.53. The summed E-state index contributed by atoms with van der Waals surface area (Å²) in [5.41, 5.74) is 0.349.